The summed E-state index contributed by atoms with van der Waals surface area (Å²) in [4.78, 5) is 0. The summed E-state index contributed by atoms with van der Waals surface area (Å²) < 4.78 is 7.96. The van der Waals surface area contributed by atoms with Crippen LogP contribution >= 0.6 is 0 Å². The number of rotatable bonds is 5. The maximum Gasteiger partial charge on any atom is 0.0670 e. The highest BCUT2D eigenvalue weighted by atomic mass is 16.5. The number of nitrogens with two attached hydrogens (primary N) is 1. The monoisotopic (exact) mass is 278 g/mol. The molecule has 1 heterocycles. The van der Waals surface area contributed by atoms with E-state index >= 15 is 0 Å². The number of hydrogen-bond acceptors (Lipinski definition) is 2. The van der Waals surface area contributed by atoms with Gasteiger partial charge < -0.3 is 15.0 Å². The molecule has 2 N–H and O–H groups in total. The summed E-state index contributed by atoms with van der Waals surface area (Å²) in [5.41, 5.74) is 10.8. The van der Waals surface area contributed by atoms with E-state index in [4.69, 9.17) is 10.5 Å². The van der Waals surface area contributed by atoms with E-state index in [9.17, 15) is 0 Å². The third-order valence-corrected chi connectivity index (χ3v) is 4.53. The zero-order valence-electron chi connectivity index (χ0n) is 13.7. The first-order valence-electron chi connectivity index (χ1n) is 7.84. The fourth-order valence-corrected chi connectivity index (χ4v) is 3.79. The minimum Gasteiger partial charge on any atom is -0.383 e. The minimum absolute atomic E-state index is 0.179. The van der Waals surface area contributed by atoms with Crippen molar-refractivity contribution in [2.24, 2.45) is 11.1 Å². The first-order valence-corrected chi connectivity index (χ1v) is 7.84. The van der Waals surface area contributed by atoms with E-state index in [1.54, 1.807) is 7.11 Å². The van der Waals surface area contributed by atoms with Gasteiger partial charge in [-0.25, -0.2) is 0 Å². The van der Waals surface area contributed by atoms with Crippen molar-refractivity contribution in [2.45, 2.75) is 65.5 Å². The number of ether oxygens (including phenoxy) is 1. The Morgan fingerprint density at radius 2 is 2.20 bits per heavy atom. The van der Waals surface area contributed by atoms with Crippen molar-refractivity contribution in [3.8, 4) is 0 Å². The van der Waals surface area contributed by atoms with E-state index in [-0.39, 0.29) is 6.04 Å². The summed E-state index contributed by atoms with van der Waals surface area (Å²) in [5.74, 6) is 0. The molecule has 2 atom stereocenters. The van der Waals surface area contributed by atoms with E-state index in [2.05, 4.69) is 38.3 Å². The normalized spacial score (nSPS) is 22.6. The summed E-state index contributed by atoms with van der Waals surface area (Å²) in [6.45, 7) is 9.88. The van der Waals surface area contributed by atoms with E-state index in [1.807, 2.05) is 0 Å². The Bertz CT molecular complexity index is 456. The van der Waals surface area contributed by atoms with Gasteiger partial charge in [-0.1, -0.05) is 27.2 Å². The molecule has 1 aliphatic rings. The number of aryl methyl sites for hydroxylation is 1. The molecule has 1 aliphatic carbocycles. The molecular weight excluding hydrogens is 248 g/mol. The minimum atomic E-state index is 0.179. The fourth-order valence-electron chi connectivity index (χ4n) is 3.79. The summed E-state index contributed by atoms with van der Waals surface area (Å²) in [6, 6.07) is 2.92. The van der Waals surface area contributed by atoms with E-state index in [0.717, 1.165) is 25.9 Å². The second-order valence-electron chi connectivity index (χ2n) is 7.11. The van der Waals surface area contributed by atoms with E-state index in [0.29, 0.717) is 11.5 Å². The van der Waals surface area contributed by atoms with Gasteiger partial charge in [0, 0.05) is 24.5 Å². The predicted octanol–water partition coefficient (Wildman–Crippen LogP) is 3.76. The van der Waals surface area contributed by atoms with E-state index < -0.39 is 0 Å². The lowest BCUT2D eigenvalue weighted by Crippen LogP contribution is -2.31. The van der Waals surface area contributed by atoms with Gasteiger partial charge in [-0.15, -0.1) is 0 Å². The summed E-state index contributed by atoms with van der Waals surface area (Å²) in [6.07, 6.45) is 4.53. The molecule has 0 aliphatic heterocycles. The summed E-state index contributed by atoms with van der Waals surface area (Å²) in [7, 11) is 1.80. The standard InChI is InChI=1S/C17H30N2O/c1-6-7-13(11-20-5)19-12(2)8-14-15(18)9-17(3,4)10-16(14)19/h8,13,15H,6-7,9-11,18H2,1-5H3. The Hall–Kier alpha value is -0.800. The average Bonchev–Trinajstić information content (AvgIpc) is 2.64. The largest absolute Gasteiger partial charge is 0.383 e. The molecule has 0 radical (unpaired) electrons. The zero-order valence-corrected chi connectivity index (χ0v) is 13.7. The number of fused-ring (bicyclic) bond motifs is 1. The van der Waals surface area contributed by atoms with Crippen molar-refractivity contribution >= 4 is 0 Å². The van der Waals surface area contributed by atoms with Crippen LogP contribution in [-0.4, -0.2) is 18.3 Å². The quantitative estimate of drug-likeness (QED) is 0.891. The van der Waals surface area contributed by atoms with Gasteiger partial charge in [0.25, 0.3) is 0 Å². The Labute approximate surface area is 123 Å². The van der Waals surface area contributed by atoms with Gasteiger partial charge in [0.2, 0.25) is 0 Å². The Balaban J connectivity index is 2.44. The topological polar surface area (TPSA) is 40.2 Å². The highest BCUT2D eigenvalue weighted by Crippen LogP contribution is 2.42. The van der Waals surface area contributed by atoms with Crippen LogP contribution in [0.4, 0.5) is 0 Å². The van der Waals surface area contributed by atoms with Gasteiger partial charge in [-0.2, -0.15) is 0 Å². The summed E-state index contributed by atoms with van der Waals surface area (Å²) in [5, 5.41) is 0. The van der Waals surface area contributed by atoms with Crippen LogP contribution in [0.1, 0.15) is 69.1 Å². The number of methoxy groups -OCH3 is 1. The number of aromatic nitrogens is 1. The number of nitrogens with zero attached hydrogens (tertiary/aromatic N) is 1. The van der Waals surface area contributed by atoms with Gasteiger partial charge in [-0.05, 0) is 43.2 Å². The van der Waals surface area contributed by atoms with Crippen molar-refractivity contribution < 1.29 is 4.74 Å². The van der Waals surface area contributed by atoms with Crippen molar-refractivity contribution in [3.63, 3.8) is 0 Å². The third kappa shape index (κ3) is 2.94. The van der Waals surface area contributed by atoms with Gasteiger partial charge in [-0.3, -0.25) is 0 Å². The molecular formula is C17H30N2O. The molecule has 2 unspecified atom stereocenters. The van der Waals surface area contributed by atoms with Gasteiger partial charge in [0.15, 0.2) is 0 Å². The zero-order chi connectivity index (χ0) is 14.9. The lowest BCUT2D eigenvalue weighted by atomic mass is 9.74. The molecule has 114 valence electrons. The van der Waals surface area contributed by atoms with Crippen molar-refractivity contribution in [1.29, 1.82) is 0 Å². The molecule has 3 nitrogen and oxygen atoms in total. The van der Waals surface area contributed by atoms with Gasteiger partial charge in [0.1, 0.15) is 0 Å². The first-order chi connectivity index (χ1) is 9.39. The van der Waals surface area contributed by atoms with Gasteiger partial charge >= 0.3 is 0 Å². The molecule has 2 rings (SSSR count). The van der Waals surface area contributed by atoms with Crippen LogP contribution in [0.15, 0.2) is 6.07 Å². The lowest BCUT2D eigenvalue weighted by molar-refractivity contribution is 0.146. The highest BCUT2D eigenvalue weighted by molar-refractivity contribution is 5.34. The van der Waals surface area contributed by atoms with Crippen LogP contribution in [0.3, 0.4) is 0 Å². The molecule has 0 saturated carbocycles. The van der Waals surface area contributed by atoms with E-state index in [1.165, 1.54) is 23.4 Å². The molecule has 20 heavy (non-hydrogen) atoms. The second kappa shape index (κ2) is 5.90. The molecule has 1 aromatic heterocycles. The first kappa shape index (κ1) is 15.6. The van der Waals surface area contributed by atoms with Crippen LogP contribution in [0.2, 0.25) is 0 Å². The predicted molar refractivity (Wildman–Crippen MR) is 84.0 cm³/mol. The molecule has 0 saturated heterocycles. The average molecular weight is 278 g/mol. The number of hydrogen-bond donors (Lipinski definition) is 1. The highest BCUT2D eigenvalue weighted by Gasteiger charge is 2.34. The Morgan fingerprint density at radius 1 is 1.50 bits per heavy atom. The van der Waals surface area contributed by atoms with Crippen molar-refractivity contribution in [1.82, 2.24) is 4.57 Å². The SMILES string of the molecule is CCCC(COC)n1c(C)cc2c1CC(C)(C)CC2N. The van der Waals surface area contributed by atoms with Crippen LogP contribution < -0.4 is 5.73 Å². The summed E-state index contributed by atoms with van der Waals surface area (Å²) >= 11 is 0. The molecule has 0 spiro atoms. The Morgan fingerprint density at radius 3 is 2.80 bits per heavy atom. The van der Waals surface area contributed by atoms with Crippen LogP contribution in [-0.2, 0) is 11.2 Å². The lowest BCUT2D eigenvalue weighted by Gasteiger charge is -2.36. The van der Waals surface area contributed by atoms with Crippen LogP contribution in [0, 0.1) is 12.3 Å². The van der Waals surface area contributed by atoms with Gasteiger partial charge in [0.05, 0.1) is 12.6 Å². The fraction of sp³-hybridized carbons (Fsp3) is 0.765. The van der Waals surface area contributed by atoms with Crippen LogP contribution in [0.5, 0.6) is 0 Å². The van der Waals surface area contributed by atoms with Crippen molar-refractivity contribution in [3.05, 3.63) is 23.0 Å². The molecule has 0 bridgehead atoms. The van der Waals surface area contributed by atoms with Crippen molar-refractivity contribution in [2.75, 3.05) is 13.7 Å². The molecule has 0 fully saturated rings. The molecule has 3 heteroatoms. The van der Waals surface area contributed by atoms with Crippen LogP contribution in [0.25, 0.3) is 0 Å². The molecule has 0 aromatic carbocycles. The molecule has 1 aromatic rings. The second-order valence-corrected chi connectivity index (χ2v) is 7.11. The third-order valence-electron chi connectivity index (χ3n) is 4.53. The molecule has 0 amide bonds. The Kier molecular flexibility index (Phi) is 4.60. The maximum absolute atomic E-state index is 6.41. The maximum atomic E-state index is 6.41. The smallest absolute Gasteiger partial charge is 0.0670 e.